The molecular formula is C53H62F2N10O6S. The second-order valence-electron chi connectivity index (χ2n) is 19.7. The number of hydrogen-bond acceptors (Lipinski definition) is 13. The molecule has 3 atom stereocenters. The number of carbonyl (C=O) groups is 4. The van der Waals surface area contributed by atoms with E-state index < -0.39 is 53.0 Å². The highest BCUT2D eigenvalue weighted by Crippen LogP contribution is 2.32. The maximum Gasteiger partial charge on any atom is 0.246 e. The minimum absolute atomic E-state index is 0.00221. The van der Waals surface area contributed by atoms with Crippen molar-refractivity contribution in [3.63, 3.8) is 0 Å². The van der Waals surface area contributed by atoms with Crippen LogP contribution in [0.2, 0.25) is 0 Å². The highest BCUT2D eigenvalue weighted by molar-refractivity contribution is 7.13. The van der Waals surface area contributed by atoms with Gasteiger partial charge in [0.1, 0.15) is 23.7 Å². The normalized spacial score (nSPS) is 18.5. The molecule has 3 saturated heterocycles. The number of likely N-dealkylation sites (tertiary alicyclic amines) is 2. The summed E-state index contributed by atoms with van der Waals surface area (Å²) in [5.41, 5.74) is 6.51. The lowest BCUT2D eigenvalue weighted by molar-refractivity contribution is -0.144. The van der Waals surface area contributed by atoms with E-state index in [4.69, 9.17) is 15.1 Å². The Morgan fingerprint density at radius 1 is 0.972 bits per heavy atom. The topological polar surface area (TPSA) is 206 Å². The van der Waals surface area contributed by atoms with Crippen molar-refractivity contribution in [2.45, 2.75) is 97.1 Å². The summed E-state index contributed by atoms with van der Waals surface area (Å²) in [6, 6.07) is 13.7. The van der Waals surface area contributed by atoms with Gasteiger partial charge in [0, 0.05) is 100 Å². The molecule has 3 aliphatic heterocycles. The Morgan fingerprint density at radius 2 is 1.69 bits per heavy atom. The number of rotatable bonds is 16. The number of allylic oxidation sites excluding steroid dienone is 1. The molecule has 5 heterocycles. The summed E-state index contributed by atoms with van der Waals surface area (Å²) >= 11 is 1.56. The van der Waals surface area contributed by atoms with Crippen LogP contribution in [0.4, 0.5) is 8.78 Å². The van der Waals surface area contributed by atoms with Gasteiger partial charge in [0.25, 0.3) is 0 Å². The molecule has 19 heteroatoms. The first-order valence-corrected chi connectivity index (χ1v) is 25.3. The minimum Gasteiger partial charge on any atom is -0.391 e. The number of nitrogens with one attached hydrogen (secondary N) is 4. The van der Waals surface area contributed by atoms with E-state index >= 15 is 8.78 Å². The van der Waals surface area contributed by atoms with Crippen LogP contribution < -0.4 is 16.0 Å². The molecule has 4 amide bonds. The second kappa shape index (κ2) is 22.9. The average Bonchev–Trinajstić information content (AvgIpc) is 4.00. The number of morpholine rings is 1. The molecule has 0 radical (unpaired) electrons. The number of amides is 4. The summed E-state index contributed by atoms with van der Waals surface area (Å²) in [5, 5.41) is 28.0. The summed E-state index contributed by atoms with van der Waals surface area (Å²) in [6.45, 7) is 10.8. The molecule has 72 heavy (non-hydrogen) atoms. The van der Waals surface area contributed by atoms with Gasteiger partial charge < -0.3 is 41.0 Å². The van der Waals surface area contributed by atoms with Gasteiger partial charge in [0.15, 0.2) is 0 Å². The summed E-state index contributed by atoms with van der Waals surface area (Å²) in [6.07, 6.45) is 4.54. The third-order valence-electron chi connectivity index (χ3n) is 13.6. The molecule has 0 saturated carbocycles. The first kappa shape index (κ1) is 51.8. The molecule has 2 aromatic heterocycles. The van der Waals surface area contributed by atoms with Crippen LogP contribution in [0.25, 0.3) is 38.2 Å². The number of aliphatic hydroxyl groups excluding tert-OH is 1. The lowest BCUT2D eigenvalue weighted by atomic mass is 9.85. The van der Waals surface area contributed by atoms with E-state index in [0.29, 0.717) is 85.7 Å². The number of nitrogens with zero attached hydrogens (tertiary/aromatic N) is 6. The Bertz CT molecular complexity index is 2800. The zero-order valence-electron chi connectivity index (χ0n) is 41.1. The predicted molar refractivity (Wildman–Crippen MR) is 271 cm³/mol. The van der Waals surface area contributed by atoms with Crippen LogP contribution in [0.3, 0.4) is 0 Å². The van der Waals surface area contributed by atoms with Crippen LogP contribution in [0.1, 0.15) is 75.4 Å². The van der Waals surface area contributed by atoms with Gasteiger partial charge in [-0.15, -0.1) is 11.3 Å². The zero-order valence-corrected chi connectivity index (χ0v) is 41.9. The van der Waals surface area contributed by atoms with Crippen LogP contribution in [0.5, 0.6) is 0 Å². The summed E-state index contributed by atoms with van der Waals surface area (Å²) in [4.78, 5) is 74.2. The lowest BCUT2D eigenvalue weighted by Crippen LogP contribution is -2.57. The number of piperidine rings is 1. The van der Waals surface area contributed by atoms with Crippen LogP contribution in [-0.4, -0.2) is 135 Å². The fraction of sp³-hybridized carbons (Fsp3) is 0.434. The van der Waals surface area contributed by atoms with E-state index in [2.05, 4.69) is 25.9 Å². The fourth-order valence-corrected chi connectivity index (χ4v) is 10.2. The van der Waals surface area contributed by atoms with Crippen molar-refractivity contribution in [3.05, 3.63) is 107 Å². The third kappa shape index (κ3) is 12.4. The Morgan fingerprint density at radius 3 is 2.36 bits per heavy atom. The SMILES string of the molecule is Cc1ncsc1-c1ccc(CNC(=O)C2CC(O)CN2C(=O)C(NC(=O)CCC(=O)N2CCC(N/C=C(\C=N)c3cnc4cccc(-c5cc(F)c(CN6CCOCC6)c(F)c5)c4n3)CC2)C(C)(C)C)cc1. The van der Waals surface area contributed by atoms with Crippen LogP contribution in [-0.2, 0) is 37.0 Å². The quantitative estimate of drug-likeness (QED) is 0.0726. The highest BCUT2D eigenvalue weighted by atomic mass is 32.1. The van der Waals surface area contributed by atoms with Gasteiger partial charge >= 0.3 is 0 Å². The molecule has 3 aliphatic rings. The van der Waals surface area contributed by atoms with Crippen molar-refractivity contribution < 1.29 is 37.8 Å². The lowest BCUT2D eigenvalue weighted by Gasteiger charge is -2.35. The summed E-state index contributed by atoms with van der Waals surface area (Å²) in [5.74, 6) is -2.84. The molecule has 5 aromatic rings. The number of thiazole rings is 1. The molecule has 3 unspecified atom stereocenters. The first-order valence-electron chi connectivity index (χ1n) is 24.4. The van der Waals surface area contributed by atoms with Crippen molar-refractivity contribution in [2.24, 2.45) is 5.41 Å². The van der Waals surface area contributed by atoms with Gasteiger partial charge in [-0.25, -0.2) is 18.7 Å². The molecule has 8 rings (SSSR count). The number of aryl methyl sites for hydroxylation is 1. The van der Waals surface area contributed by atoms with E-state index in [0.717, 1.165) is 27.9 Å². The number of hydrogen-bond donors (Lipinski definition) is 5. The number of para-hydroxylation sites is 1. The van der Waals surface area contributed by atoms with Crippen LogP contribution in [0, 0.1) is 29.4 Å². The second-order valence-corrected chi connectivity index (χ2v) is 20.6. The fourth-order valence-electron chi connectivity index (χ4n) is 9.38. The number of aromatic nitrogens is 3. The molecular weight excluding hydrogens is 943 g/mol. The Labute approximate surface area is 421 Å². The molecule has 16 nitrogen and oxygen atoms in total. The van der Waals surface area contributed by atoms with Crippen molar-refractivity contribution in [1.29, 1.82) is 5.41 Å². The summed E-state index contributed by atoms with van der Waals surface area (Å²) in [7, 11) is 0. The number of β-amino-alcohol motifs (C(OH)–C–C–N with tert-alkyl or cyclic N) is 1. The van der Waals surface area contributed by atoms with Gasteiger partial charge in [0.2, 0.25) is 23.6 Å². The monoisotopic (exact) mass is 1000 g/mol. The molecule has 0 spiro atoms. The molecule has 3 aromatic carbocycles. The third-order valence-corrected chi connectivity index (χ3v) is 14.5. The highest BCUT2D eigenvalue weighted by Gasteiger charge is 2.44. The van der Waals surface area contributed by atoms with E-state index in [9.17, 15) is 24.3 Å². The first-order chi connectivity index (χ1) is 34.6. The summed E-state index contributed by atoms with van der Waals surface area (Å²) < 4.78 is 36.3. The molecule has 0 aliphatic carbocycles. The molecule has 3 fully saturated rings. The Balaban J connectivity index is 0.820. The number of halogens is 2. The Kier molecular flexibility index (Phi) is 16.5. The largest absolute Gasteiger partial charge is 0.391 e. The zero-order chi connectivity index (χ0) is 51.1. The molecule has 5 N–H and O–H groups in total. The maximum absolute atomic E-state index is 15.5. The minimum atomic E-state index is -1.02. The van der Waals surface area contributed by atoms with Gasteiger partial charge in [-0.05, 0) is 60.1 Å². The number of ether oxygens (including phenoxy) is 1. The van der Waals surface area contributed by atoms with Crippen LogP contribution in [0.15, 0.2) is 72.5 Å². The molecule has 380 valence electrons. The van der Waals surface area contributed by atoms with Gasteiger partial charge in [0.05, 0.1) is 58.3 Å². The van der Waals surface area contributed by atoms with E-state index in [1.807, 2.05) is 56.9 Å². The van der Waals surface area contributed by atoms with Crippen molar-refractivity contribution in [2.75, 3.05) is 45.9 Å². The van der Waals surface area contributed by atoms with E-state index in [1.54, 1.807) is 52.3 Å². The van der Waals surface area contributed by atoms with Crippen molar-refractivity contribution in [1.82, 2.24) is 45.6 Å². The number of carbonyl (C=O) groups excluding carboxylic acids is 4. The standard InChI is InChI=1S/C53H62F2N10O6S/c1-32-49(72-31-60-32)34-10-8-33(9-11-34)26-59-51(69)45-24-38(66)29-65(45)52(70)50(53(2,3)4)62-46(67)12-13-47(68)64-16-14-37(15-17-64)57-27-36(25-56)44-28-58-43-7-5-6-39(48(43)61-44)35-22-41(54)40(42(55)23-35)30-63-18-20-71-21-19-63/h5-11,22-23,25,27-28,31,37-38,45,50,56-57,66H,12-21,24,26,29-30H2,1-4H3,(H,59,69)(H,62,67)/b36-27+,56-25?. The van der Waals surface area contributed by atoms with Crippen molar-refractivity contribution >= 4 is 57.8 Å². The number of benzene rings is 3. The van der Waals surface area contributed by atoms with Crippen LogP contribution >= 0.6 is 11.3 Å². The van der Waals surface area contributed by atoms with E-state index in [1.165, 1.54) is 17.0 Å². The van der Waals surface area contributed by atoms with Gasteiger partial charge in [-0.3, -0.25) is 29.1 Å². The smallest absolute Gasteiger partial charge is 0.246 e. The number of aliphatic hydroxyl groups is 1. The van der Waals surface area contributed by atoms with Crippen molar-refractivity contribution in [3.8, 4) is 21.6 Å². The number of fused-ring (bicyclic) bond motifs is 1. The molecule has 0 bridgehead atoms. The van der Waals surface area contributed by atoms with Gasteiger partial charge in [-0.2, -0.15) is 0 Å². The Hall–Kier alpha value is -6.54. The predicted octanol–water partition coefficient (Wildman–Crippen LogP) is 6.00. The van der Waals surface area contributed by atoms with E-state index in [-0.39, 0.29) is 56.4 Å². The van der Waals surface area contributed by atoms with Gasteiger partial charge in [-0.1, -0.05) is 57.2 Å². The average molecular weight is 1010 g/mol. The maximum atomic E-state index is 15.5.